The zero-order valence-electron chi connectivity index (χ0n) is 19.7. The third-order valence-electron chi connectivity index (χ3n) is 5.83. The van der Waals surface area contributed by atoms with Crippen LogP contribution in [0.3, 0.4) is 0 Å². The molecule has 1 aromatic heterocycles. The van der Waals surface area contributed by atoms with Gasteiger partial charge in [0.05, 0.1) is 13.2 Å². The number of carbonyl (C=O) groups is 2. The second-order valence-corrected chi connectivity index (χ2v) is 9.37. The zero-order valence-corrected chi connectivity index (χ0v) is 20.6. The van der Waals surface area contributed by atoms with E-state index in [1.165, 1.54) is 35.6 Å². The van der Waals surface area contributed by atoms with Crippen LogP contribution in [0.1, 0.15) is 20.0 Å². The number of halogens is 1. The third kappa shape index (κ3) is 5.76. The van der Waals surface area contributed by atoms with Crippen LogP contribution >= 0.6 is 11.3 Å². The molecule has 8 nitrogen and oxygen atoms in total. The molecule has 37 heavy (non-hydrogen) atoms. The second kappa shape index (κ2) is 10.8. The van der Waals surface area contributed by atoms with E-state index >= 15 is 0 Å². The topological polar surface area (TPSA) is 110 Å². The van der Waals surface area contributed by atoms with Gasteiger partial charge >= 0.3 is 0 Å². The molecule has 1 fully saturated rings. The van der Waals surface area contributed by atoms with Gasteiger partial charge in [-0.05, 0) is 60.7 Å². The molecular weight excluding hydrogens is 493 g/mol. The molecule has 4 N–H and O–H groups in total. The summed E-state index contributed by atoms with van der Waals surface area (Å²) in [6.07, 6.45) is 0. The molecule has 0 unspecified atom stereocenters. The molecule has 2 amide bonds. The van der Waals surface area contributed by atoms with Crippen molar-refractivity contribution in [2.45, 2.75) is 0 Å². The fraction of sp³-hybridized carbons (Fsp3) is 0.148. The van der Waals surface area contributed by atoms with E-state index in [9.17, 15) is 14.0 Å². The van der Waals surface area contributed by atoms with E-state index in [1.54, 1.807) is 18.2 Å². The maximum absolute atomic E-state index is 13.2. The number of anilines is 4. The van der Waals surface area contributed by atoms with Crippen molar-refractivity contribution in [3.05, 3.63) is 89.1 Å². The van der Waals surface area contributed by atoms with Crippen molar-refractivity contribution in [3.8, 4) is 10.6 Å². The molecule has 0 bridgehead atoms. The van der Waals surface area contributed by atoms with Gasteiger partial charge in [-0.2, -0.15) is 0 Å². The average Bonchev–Trinajstić information content (AvgIpc) is 3.34. The lowest BCUT2D eigenvalue weighted by molar-refractivity contribution is 0.100. The van der Waals surface area contributed by atoms with Gasteiger partial charge in [0.2, 0.25) is 0 Å². The summed E-state index contributed by atoms with van der Waals surface area (Å²) in [5.41, 5.74) is 9.10. The molecule has 1 saturated heterocycles. The number of rotatable bonds is 7. The number of amides is 2. The highest BCUT2D eigenvalue weighted by Gasteiger charge is 2.18. The molecule has 188 valence electrons. The smallest absolute Gasteiger partial charge is 0.262 e. The van der Waals surface area contributed by atoms with Crippen LogP contribution in [0.15, 0.2) is 72.8 Å². The van der Waals surface area contributed by atoms with Crippen LogP contribution in [-0.2, 0) is 4.74 Å². The van der Waals surface area contributed by atoms with Crippen molar-refractivity contribution in [2.24, 2.45) is 5.73 Å². The fourth-order valence-electron chi connectivity index (χ4n) is 3.94. The first kappa shape index (κ1) is 24.4. The predicted octanol–water partition coefficient (Wildman–Crippen LogP) is 4.88. The van der Waals surface area contributed by atoms with Crippen molar-refractivity contribution < 1.29 is 18.7 Å². The summed E-state index contributed by atoms with van der Waals surface area (Å²) in [5.74, 6) is -0.994. The van der Waals surface area contributed by atoms with Gasteiger partial charge < -0.3 is 26.0 Å². The number of aromatic nitrogens is 1. The molecule has 0 saturated carbocycles. The largest absolute Gasteiger partial charge is 0.378 e. The number of ether oxygens (including phenoxy) is 1. The van der Waals surface area contributed by atoms with Crippen molar-refractivity contribution in [2.75, 3.05) is 41.8 Å². The number of morpholine rings is 1. The number of primary amides is 1. The molecular formula is C27H24FN5O3S. The van der Waals surface area contributed by atoms with Crippen molar-refractivity contribution in [1.29, 1.82) is 0 Å². The molecule has 2 heterocycles. The Balaban J connectivity index is 1.34. The SMILES string of the molecule is NC(=O)c1sc(-c2cccc(NC(=O)c3ccc(F)cc3)c2)nc1Nc1ccc(N2CCOCC2)cc1. The van der Waals surface area contributed by atoms with Gasteiger partial charge in [-0.25, -0.2) is 9.37 Å². The highest BCUT2D eigenvalue weighted by atomic mass is 32.1. The number of hydrogen-bond donors (Lipinski definition) is 3. The Morgan fingerprint density at radius 3 is 2.41 bits per heavy atom. The number of nitrogens with two attached hydrogens (primary N) is 1. The van der Waals surface area contributed by atoms with E-state index in [0.29, 0.717) is 45.7 Å². The summed E-state index contributed by atoms with van der Waals surface area (Å²) in [7, 11) is 0. The summed E-state index contributed by atoms with van der Waals surface area (Å²) in [6.45, 7) is 3.11. The maximum atomic E-state index is 13.2. The molecule has 5 rings (SSSR count). The molecule has 0 spiro atoms. The molecule has 4 aromatic rings. The number of carbonyl (C=O) groups excluding carboxylic acids is 2. The van der Waals surface area contributed by atoms with E-state index in [4.69, 9.17) is 10.5 Å². The maximum Gasteiger partial charge on any atom is 0.262 e. The highest BCUT2D eigenvalue weighted by Crippen LogP contribution is 2.34. The quantitative estimate of drug-likeness (QED) is 0.322. The zero-order chi connectivity index (χ0) is 25.8. The summed E-state index contributed by atoms with van der Waals surface area (Å²) >= 11 is 1.17. The minimum atomic E-state index is -0.586. The molecule has 1 aliphatic heterocycles. The van der Waals surface area contributed by atoms with E-state index in [-0.39, 0.29) is 5.91 Å². The Morgan fingerprint density at radius 2 is 1.70 bits per heavy atom. The summed E-state index contributed by atoms with van der Waals surface area (Å²) < 4.78 is 18.6. The van der Waals surface area contributed by atoms with Gasteiger partial charge in [-0.3, -0.25) is 9.59 Å². The Morgan fingerprint density at radius 1 is 0.973 bits per heavy atom. The number of nitrogens with zero attached hydrogens (tertiary/aromatic N) is 2. The number of benzene rings is 3. The van der Waals surface area contributed by atoms with Crippen LogP contribution in [0.25, 0.3) is 10.6 Å². The summed E-state index contributed by atoms with van der Waals surface area (Å²) in [5, 5.41) is 6.57. The first-order valence-electron chi connectivity index (χ1n) is 11.6. The first-order chi connectivity index (χ1) is 18.0. The van der Waals surface area contributed by atoms with Crippen LogP contribution in [0, 0.1) is 5.82 Å². The van der Waals surface area contributed by atoms with E-state index in [1.807, 2.05) is 30.3 Å². The molecule has 0 atom stereocenters. The van der Waals surface area contributed by atoms with Gasteiger partial charge in [-0.15, -0.1) is 11.3 Å². The summed E-state index contributed by atoms with van der Waals surface area (Å²) in [6, 6.07) is 20.3. The molecule has 1 aliphatic rings. The normalized spacial score (nSPS) is 13.3. The van der Waals surface area contributed by atoms with E-state index in [2.05, 4.69) is 20.5 Å². The Hall–Kier alpha value is -4.28. The van der Waals surface area contributed by atoms with E-state index < -0.39 is 11.7 Å². The lowest BCUT2D eigenvalue weighted by Crippen LogP contribution is -2.36. The predicted molar refractivity (Wildman–Crippen MR) is 143 cm³/mol. The fourth-order valence-corrected chi connectivity index (χ4v) is 4.81. The minimum Gasteiger partial charge on any atom is -0.378 e. The molecule has 3 aromatic carbocycles. The van der Waals surface area contributed by atoms with Gasteiger partial charge in [0, 0.05) is 41.3 Å². The second-order valence-electron chi connectivity index (χ2n) is 8.37. The van der Waals surface area contributed by atoms with Crippen LogP contribution in [-0.4, -0.2) is 43.1 Å². The first-order valence-corrected chi connectivity index (χ1v) is 12.5. The lowest BCUT2D eigenvalue weighted by Gasteiger charge is -2.28. The molecule has 0 aliphatic carbocycles. The Labute approximate surface area is 216 Å². The van der Waals surface area contributed by atoms with Gasteiger partial charge in [-0.1, -0.05) is 12.1 Å². The number of hydrogen-bond acceptors (Lipinski definition) is 7. The van der Waals surface area contributed by atoms with Gasteiger partial charge in [0.25, 0.3) is 11.8 Å². The number of nitrogens with one attached hydrogen (secondary N) is 2. The Bertz CT molecular complexity index is 1420. The Kier molecular flexibility index (Phi) is 7.11. The summed E-state index contributed by atoms with van der Waals surface area (Å²) in [4.78, 5) is 31.9. The van der Waals surface area contributed by atoms with Crippen molar-refractivity contribution in [3.63, 3.8) is 0 Å². The van der Waals surface area contributed by atoms with Gasteiger partial charge in [0.1, 0.15) is 15.7 Å². The van der Waals surface area contributed by atoms with Gasteiger partial charge in [0.15, 0.2) is 5.82 Å². The number of thiazole rings is 1. The minimum absolute atomic E-state index is 0.299. The van der Waals surface area contributed by atoms with Crippen molar-refractivity contribution in [1.82, 2.24) is 4.98 Å². The molecule has 10 heteroatoms. The van der Waals surface area contributed by atoms with Crippen LogP contribution in [0.5, 0.6) is 0 Å². The third-order valence-corrected chi connectivity index (χ3v) is 6.95. The van der Waals surface area contributed by atoms with E-state index in [0.717, 1.165) is 24.5 Å². The lowest BCUT2D eigenvalue weighted by atomic mass is 10.1. The van der Waals surface area contributed by atoms with Crippen LogP contribution in [0.4, 0.5) is 27.3 Å². The monoisotopic (exact) mass is 517 g/mol. The molecule has 0 radical (unpaired) electrons. The standard InChI is InChI=1S/C27H24FN5O3S/c28-19-6-4-17(5-7-19)26(35)31-21-3-1-2-18(16-21)27-32-25(23(37-27)24(29)34)30-20-8-10-22(11-9-20)33-12-14-36-15-13-33/h1-11,16,30H,12-15H2,(H2,29,34)(H,31,35). The van der Waals surface area contributed by atoms with Crippen molar-refractivity contribution >= 4 is 46.0 Å². The average molecular weight is 518 g/mol. The van der Waals surface area contributed by atoms with Crippen LogP contribution < -0.4 is 21.3 Å². The highest BCUT2D eigenvalue weighted by molar-refractivity contribution is 7.17. The van der Waals surface area contributed by atoms with Crippen LogP contribution in [0.2, 0.25) is 0 Å².